The van der Waals surface area contributed by atoms with Gasteiger partial charge in [0.1, 0.15) is 0 Å². The fraction of sp³-hybridized carbons (Fsp3) is 0.357. The first-order chi connectivity index (χ1) is 11.7. The minimum atomic E-state index is -4.44. The maximum absolute atomic E-state index is 12.7. The number of hydrogen-bond donors (Lipinski definition) is 2. The van der Waals surface area contributed by atoms with Crippen LogP contribution in [0.5, 0.6) is 0 Å². The molecule has 1 atom stereocenters. The van der Waals surface area contributed by atoms with Gasteiger partial charge in [-0.25, -0.2) is 8.42 Å². The number of nitrogens with zero attached hydrogens (tertiary/aromatic N) is 3. The number of halogens is 3. The molecule has 0 aliphatic carbocycles. The normalized spacial score (nSPS) is 19.6. The van der Waals surface area contributed by atoms with E-state index in [1.165, 1.54) is 18.3 Å². The van der Waals surface area contributed by atoms with Crippen LogP contribution in [0.4, 0.5) is 30.6 Å². The van der Waals surface area contributed by atoms with Gasteiger partial charge in [0.2, 0.25) is 5.95 Å². The number of hydrogen-bond acceptors (Lipinski definition) is 7. The van der Waals surface area contributed by atoms with Crippen LogP contribution in [0, 0.1) is 0 Å². The third-order valence-electron chi connectivity index (χ3n) is 3.59. The van der Waals surface area contributed by atoms with Crippen molar-refractivity contribution in [3.05, 3.63) is 36.0 Å². The number of sulfone groups is 1. The Morgan fingerprint density at radius 1 is 1.24 bits per heavy atom. The monoisotopic (exact) mass is 373 g/mol. The zero-order valence-corrected chi connectivity index (χ0v) is 13.6. The van der Waals surface area contributed by atoms with E-state index in [4.69, 9.17) is 0 Å². The molecule has 1 aromatic heterocycles. The predicted molar refractivity (Wildman–Crippen MR) is 85.2 cm³/mol. The van der Waals surface area contributed by atoms with E-state index in [1.54, 1.807) is 0 Å². The number of nitrogens with one attached hydrogen (secondary N) is 2. The molecule has 7 nitrogen and oxygen atoms in total. The molecule has 2 N–H and O–H groups in total. The van der Waals surface area contributed by atoms with Crippen molar-refractivity contribution in [1.82, 2.24) is 15.2 Å². The second kappa shape index (κ2) is 6.47. The summed E-state index contributed by atoms with van der Waals surface area (Å²) in [7, 11) is -3.05. The maximum atomic E-state index is 12.7. The molecule has 1 fully saturated rings. The first-order valence-electron chi connectivity index (χ1n) is 7.32. The Kier molecular flexibility index (Phi) is 4.50. The van der Waals surface area contributed by atoms with E-state index in [2.05, 4.69) is 25.8 Å². The van der Waals surface area contributed by atoms with Gasteiger partial charge in [-0.1, -0.05) is 6.07 Å². The Labute approximate surface area is 141 Å². The summed E-state index contributed by atoms with van der Waals surface area (Å²) in [6.07, 6.45) is -2.74. The van der Waals surface area contributed by atoms with Crippen molar-refractivity contribution in [2.24, 2.45) is 0 Å². The van der Waals surface area contributed by atoms with E-state index in [9.17, 15) is 21.6 Å². The molecule has 2 aromatic rings. The average molecular weight is 373 g/mol. The summed E-state index contributed by atoms with van der Waals surface area (Å²) in [6.45, 7) is 0. The minimum Gasteiger partial charge on any atom is -0.349 e. The zero-order chi connectivity index (χ0) is 18.1. The molecule has 0 saturated carbocycles. The third-order valence-corrected chi connectivity index (χ3v) is 5.35. The van der Waals surface area contributed by atoms with Gasteiger partial charge in [-0.15, -0.1) is 5.10 Å². The van der Waals surface area contributed by atoms with Gasteiger partial charge in [0.05, 0.1) is 23.3 Å². The molecule has 0 spiro atoms. The summed E-state index contributed by atoms with van der Waals surface area (Å²) in [5.41, 5.74) is -0.584. The highest BCUT2D eigenvalue weighted by Gasteiger charge is 2.30. The van der Waals surface area contributed by atoms with Crippen molar-refractivity contribution in [1.29, 1.82) is 0 Å². The van der Waals surface area contributed by atoms with Crippen LogP contribution in [0.1, 0.15) is 12.0 Å². The van der Waals surface area contributed by atoms with Gasteiger partial charge in [0.25, 0.3) is 0 Å². The van der Waals surface area contributed by atoms with Gasteiger partial charge in [0, 0.05) is 11.7 Å². The SMILES string of the molecule is O=S1(=O)CCC(Nc2nncc(Nc3cccc(C(F)(F)F)c3)n2)C1. The summed E-state index contributed by atoms with van der Waals surface area (Å²) in [4.78, 5) is 4.10. The average Bonchev–Trinajstić information content (AvgIpc) is 2.86. The van der Waals surface area contributed by atoms with Crippen LogP contribution in [-0.2, 0) is 16.0 Å². The predicted octanol–water partition coefficient (Wildman–Crippen LogP) is 2.23. The second-order valence-corrected chi connectivity index (χ2v) is 7.84. The van der Waals surface area contributed by atoms with Crippen LogP contribution in [0.25, 0.3) is 0 Å². The number of benzene rings is 1. The molecule has 0 radical (unpaired) electrons. The van der Waals surface area contributed by atoms with Crippen molar-refractivity contribution >= 4 is 27.3 Å². The Morgan fingerprint density at radius 3 is 2.72 bits per heavy atom. The van der Waals surface area contributed by atoms with Gasteiger partial charge in [-0.3, -0.25) is 0 Å². The summed E-state index contributed by atoms with van der Waals surface area (Å²) < 4.78 is 61.1. The van der Waals surface area contributed by atoms with Crippen LogP contribution in [0.2, 0.25) is 0 Å². The highest BCUT2D eigenvalue weighted by molar-refractivity contribution is 7.91. The molecule has 1 unspecified atom stereocenters. The van der Waals surface area contributed by atoms with Crippen LogP contribution < -0.4 is 10.6 Å². The zero-order valence-electron chi connectivity index (χ0n) is 12.8. The second-order valence-electron chi connectivity index (χ2n) is 5.61. The van der Waals surface area contributed by atoms with Crippen LogP contribution in [0.3, 0.4) is 0 Å². The summed E-state index contributed by atoms with van der Waals surface area (Å²) in [5, 5.41) is 13.1. The lowest BCUT2D eigenvalue weighted by Gasteiger charge is -2.12. The molecular formula is C14H14F3N5O2S. The van der Waals surface area contributed by atoms with Gasteiger partial charge in [0.15, 0.2) is 15.7 Å². The molecule has 134 valence electrons. The number of aromatic nitrogens is 3. The summed E-state index contributed by atoms with van der Waals surface area (Å²) in [5.74, 6) is 0.388. The molecular weight excluding hydrogens is 359 g/mol. The summed E-state index contributed by atoms with van der Waals surface area (Å²) in [6, 6.07) is 4.36. The van der Waals surface area contributed by atoms with E-state index in [-0.39, 0.29) is 35.0 Å². The molecule has 0 amide bonds. The topological polar surface area (TPSA) is 96.9 Å². The fourth-order valence-corrected chi connectivity index (χ4v) is 4.11. The third kappa shape index (κ3) is 4.56. The molecule has 25 heavy (non-hydrogen) atoms. The van der Waals surface area contributed by atoms with Gasteiger partial charge >= 0.3 is 6.18 Å². The lowest BCUT2D eigenvalue weighted by atomic mass is 10.2. The molecule has 1 aliphatic heterocycles. The first kappa shape index (κ1) is 17.4. The Morgan fingerprint density at radius 2 is 2.04 bits per heavy atom. The van der Waals surface area contributed by atoms with E-state index in [0.29, 0.717) is 6.42 Å². The summed E-state index contributed by atoms with van der Waals surface area (Å²) >= 11 is 0. The Hall–Kier alpha value is -2.43. The molecule has 2 heterocycles. The molecule has 1 aromatic carbocycles. The smallest absolute Gasteiger partial charge is 0.349 e. The lowest BCUT2D eigenvalue weighted by Crippen LogP contribution is -2.22. The van der Waals surface area contributed by atoms with Gasteiger partial charge < -0.3 is 10.6 Å². The highest BCUT2D eigenvalue weighted by atomic mass is 32.2. The lowest BCUT2D eigenvalue weighted by molar-refractivity contribution is -0.137. The minimum absolute atomic E-state index is 0.0123. The Balaban J connectivity index is 1.72. The van der Waals surface area contributed by atoms with E-state index < -0.39 is 21.6 Å². The molecule has 1 saturated heterocycles. The number of anilines is 3. The van der Waals surface area contributed by atoms with Crippen LogP contribution in [0.15, 0.2) is 30.5 Å². The van der Waals surface area contributed by atoms with Gasteiger partial charge in [-0.05, 0) is 24.6 Å². The van der Waals surface area contributed by atoms with Crippen molar-refractivity contribution in [3.8, 4) is 0 Å². The van der Waals surface area contributed by atoms with Crippen molar-refractivity contribution in [3.63, 3.8) is 0 Å². The quantitative estimate of drug-likeness (QED) is 0.848. The Bertz CT molecular complexity index is 873. The van der Waals surface area contributed by atoms with Crippen LogP contribution in [-0.4, -0.2) is 41.1 Å². The van der Waals surface area contributed by atoms with Crippen molar-refractivity contribution in [2.45, 2.75) is 18.6 Å². The number of alkyl halides is 3. The molecule has 3 rings (SSSR count). The largest absolute Gasteiger partial charge is 0.416 e. The van der Waals surface area contributed by atoms with Crippen molar-refractivity contribution < 1.29 is 21.6 Å². The number of rotatable bonds is 4. The van der Waals surface area contributed by atoms with Gasteiger partial charge in [-0.2, -0.15) is 23.3 Å². The van der Waals surface area contributed by atoms with E-state index in [1.807, 2.05) is 0 Å². The maximum Gasteiger partial charge on any atom is 0.416 e. The van der Waals surface area contributed by atoms with Crippen molar-refractivity contribution in [2.75, 3.05) is 22.1 Å². The van der Waals surface area contributed by atoms with E-state index >= 15 is 0 Å². The fourth-order valence-electron chi connectivity index (χ4n) is 2.44. The highest BCUT2D eigenvalue weighted by Crippen LogP contribution is 2.31. The molecule has 0 bridgehead atoms. The molecule has 11 heteroatoms. The van der Waals surface area contributed by atoms with Crippen LogP contribution >= 0.6 is 0 Å². The molecule has 1 aliphatic rings. The first-order valence-corrected chi connectivity index (χ1v) is 9.14. The standard InChI is InChI=1S/C14H14F3N5O2S/c15-14(16,17)9-2-1-3-10(6-9)19-12-7-18-22-13(21-12)20-11-4-5-25(23,24)8-11/h1-3,6-7,11H,4-5,8H2,(H2,19,20,21,22). The van der Waals surface area contributed by atoms with E-state index in [0.717, 1.165) is 12.1 Å².